The fraction of sp³-hybridized carbons (Fsp3) is 0.0882. The fourth-order valence-electron chi connectivity index (χ4n) is 4.51. The van der Waals surface area contributed by atoms with Gasteiger partial charge in [0.2, 0.25) is 0 Å². The molecule has 0 nitrogen and oxygen atoms in total. The first-order valence-electron chi connectivity index (χ1n) is 12.2. The van der Waals surface area contributed by atoms with E-state index in [0.717, 1.165) is 0 Å². The van der Waals surface area contributed by atoms with E-state index in [0.29, 0.717) is 0 Å². The van der Waals surface area contributed by atoms with Crippen molar-refractivity contribution in [1.82, 2.24) is 0 Å². The minimum atomic E-state index is -0.826. The number of fused-ring (bicyclic) bond motifs is 2. The fourth-order valence-corrected chi connectivity index (χ4v) is 4.51. The molecule has 0 atom stereocenters. The third kappa shape index (κ3) is 7.78. The van der Waals surface area contributed by atoms with Crippen molar-refractivity contribution < 1.29 is 20.8 Å². The number of aryl methyl sites for hydroxylation is 2. The average Bonchev–Trinajstić information content (AvgIpc) is 3.52. The second-order valence-electron chi connectivity index (χ2n) is 8.49. The topological polar surface area (TPSA) is 0 Å². The number of benzene rings is 4. The van der Waals surface area contributed by atoms with Gasteiger partial charge < -0.3 is 6.92 Å². The van der Waals surface area contributed by atoms with E-state index in [9.17, 15) is 0 Å². The molecule has 0 fully saturated rings. The van der Waals surface area contributed by atoms with E-state index >= 15 is 0 Å². The molecule has 6 aromatic rings. The molecule has 37 heavy (non-hydrogen) atoms. The second-order valence-corrected chi connectivity index (χ2v) is 12.2. The Morgan fingerprint density at radius 3 is 1.24 bits per heavy atom. The number of rotatable bonds is 2. The molecule has 0 aliphatic rings. The van der Waals surface area contributed by atoms with Gasteiger partial charge in [0.15, 0.2) is 0 Å². The number of halogens is 2. The molecule has 0 saturated carbocycles. The second kappa shape index (κ2) is 15.1. The van der Waals surface area contributed by atoms with Gasteiger partial charge in [-0.25, -0.2) is 0 Å². The maximum atomic E-state index is 4.93. The third-order valence-corrected chi connectivity index (χ3v) is 5.96. The van der Waals surface area contributed by atoms with E-state index in [1.54, 1.807) is 6.92 Å². The first-order valence-corrected chi connectivity index (χ1v) is 18.5. The predicted octanol–water partition coefficient (Wildman–Crippen LogP) is 11.3. The van der Waals surface area contributed by atoms with E-state index in [2.05, 4.69) is 142 Å². The van der Waals surface area contributed by atoms with Gasteiger partial charge in [-0.3, -0.25) is 0 Å². The van der Waals surface area contributed by atoms with E-state index < -0.39 is 20.8 Å². The van der Waals surface area contributed by atoms with Crippen LogP contribution >= 0.6 is 17.0 Å². The van der Waals surface area contributed by atoms with Crippen LogP contribution in [0.25, 0.3) is 43.8 Å². The summed E-state index contributed by atoms with van der Waals surface area (Å²) in [6.07, 6.45) is 0. The van der Waals surface area contributed by atoms with Crippen LogP contribution in [0, 0.1) is 20.8 Å². The Balaban J connectivity index is 0.000000176. The van der Waals surface area contributed by atoms with E-state index in [-0.39, 0.29) is 0 Å². The van der Waals surface area contributed by atoms with Crippen LogP contribution in [-0.2, 0) is 20.8 Å². The van der Waals surface area contributed by atoms with Crippen molar-refractivity contribution in [2.45, 2.75) is 20.8 Å². The Hall–Kier alpha value is -2.44. The van der Waals surface area contributed by atoms with Crippen molar-refractivity contribution in [1.29, 1.82) is 0 Å². The molecule has 0 heterocycles. The average molecular weight is 602 g/mol. The maximum absolute atomic E-state index is 4.93. The van der Waals surface area contributed by atoms with Gasteiger partial charge in [-0.2, -0.15) is 19.1 Å². The molecule has 0 bridgehead atoms. The summed E-state index contributed by atoms with van der Waals surface area (Å²) in [6.45, 7) is 9.30. The summed E-state index contributed by atoms with van der Waals surface area (Å²) in [7, 11) is 9.87. The molecule has 0 N–H and O–H groups in total. The van der Waals surface area contributed by atoms with Gasteiger partial charge in [0.05, 0.1) is 0 Å². The van der Waals surface area contributed by atoms with Gasteiger partial charge in [-0.15, -0.1) is 69.1 Å². The Bertz CT molecular complexity index is 1380. The van der Waals surface area contributed by atoms with Crippen LogP contribution in [0.5, 0.6) is 0 Å². The third-order valence-electron chi connectivity index (χ3n) is 5.96. The first kappa shape index (κ1) is 29.1. The summed E-state index contributed by atoms with van der Waals surface area (Å²) >= 11 is -0.826. The van der Waals surface area contributed by atoms with Crippen molar-refractivity contribution >= 4 is 38.6 Å². The molecular formula is C34H31Cl2Zr-3. The zero-order valence-electron chi connectivity index (χ0n) is 21.5. The standard InChI is InChI=1S/2C16H13.C2H5.2ClH.Zr/c2*1-12-10-14-8-5-9-15(16(14)11-12)13-6-3-2-4-7-13;1-2;;;/h2*2-11H,1H3;1H2,2H3;2*1H;/q3*-1;;;+2/p-2. The van der Waals surface area contributed by atoms with Gasteiger partial charge in [0.25, 0.3) is 0 Å². The summed E-state index contributed by atoms with van der Waals surface area (Å²) in [5, 5.41) is 5.37. The van der Waals surface area contributed by atoms with Gasteiger partial charge in [0.1, 0.15) is 0 Å². The molecule has 0 aliphatic heterocycles. The Labute approximate surface area is 240 Å². The van der Waals surface area contributed by atoms with Crippen LogP contribution in [-0.4, -0.2) is 0 Å². The molecule has 0 radical (unpaired) electrons. The SMILES string of the molecule is Cc1cc2c(-c3ccccc3)cccc2[cH-]1.Cc1cc2c(-c3ccccc3)cccc2[cH-]1.[CH2-]C.[Cl][Zr][Cl]. The molecule has 0 spiro atoms. The number of hydrogen-bond acceptors (Lipinski definition) is 0. The summed E-state index contributed by atoms with van der Waals surface area (Å²) in [6, 6.07) is 43.1. The summed E-state index contributed by atoms with van der Waals surface area (Å²) in [4.78, 5) is 0. The molecule has 0 aliphatic carbocycles. The molecule has 188 valence electrons. The van der Waals surface area contributed by atoms with Crippen LogP contribution in [0.4, 0.5) is 0 Å². The van der Waals surface area contributed by atoms with Crippen molar-refractivity contribution in [3.63, 3.8) is 0 Å². The molecule has 0 aromatic heterocycles. The van der Waals surface area contributed by atoms with Gasteiger partial charge >= 0.3 is 37.9 Å². The van der Waals surface area contributed by atoms with Crippen LogP contribution in [0.3, 0.4) is 0 Å². The van der Waals surface area contributed by atoms with E-state index in [4.69, 9.17) is 17.0 Å². The van der Waals surface area contributed by atoms with Gasteiger partial charge in [-0.1, -0.05) is 97.8 Å². The van der Waals surface area contributed by atoms with Crippen molar-refractivity contribution in [3.8, 4) is 22.3 Å². The summed E-state index contributed by atoms with van der Waals surface area (Å²) < 4.78 is 0. The van der Waals surface area contributed by atoms with E-state index in [1.807, 2.05) is 0 Å². The normalized spacial score (nSPS) is 9.89. The molecule has 0 amide bonds. The van der Waals surface area contributed by atoms with E-state index in [1.165, 1.54) is 54.9 Å². The molecule has 6 aromatic carbocycles. The zero-order chi connectivity index (χ0) is 26.6. The van der Waals surface area contributed by atoms with Crippen molar-refractivity contribution in [2.75, 3.05) is 0 Å². The zero-order valence-corrected chi connectivity index (χ0v) is 25.5. The predicted molar refractivity (Wildman–Crippen MR) is 162 cm³/mol. The molecular weight excluding hydrogens is 571 g/mol. The summed E-state index contributed by atoms with van der Waals surface area (Å²) in [5.41, 5.74) is 7.89. The Morgan fingerprint density at radius 1 is 0.541 bits per heavy atom. The van der Waals surface area contributed by atoms with Crippen LogP contribution in [0.1, 0.15) is 18.1 Å². The monoisotopic (exact) mass is 599 g/mol. The minimum absolute atomic E-state index is 0.826. The van der Waals surface area contributed by atoms with Crippen LogP contribution in [0.15, 0.2) is 121 Å². The first-order chi connectivity index (χ1) is 18.1. The Kier molecular flexibility index (Phi) is 11.9. The molecule has 0 saturated heterocycles. The van der Waals surface area contributed by atoms with Crippen molar-refractivity contribution in [3.05, 3.63) is 139 Å². The van der Waals surface area contributed by atoms with Gasteiger partial charge in [-0.05, 0) is 11.1 Å². The summed E-state index contributed by atoms with van der Waals surface area (Å²) in [5.74, 6) is 0. The molecule has 3 heteroatoms. The van der Waals surface area contributed by atoms with Crippen LogP contribution in [0.2, 0.25) is 0 Å². The van der Waals surface area contributed by atoms with Crippen LogP contribution < -0.4 is 0 Å². The van der Waals surface area contributed by atoms with Gasteiger partial charge in [0, 0.05) is 0 Å². The molecule has 6 rings (SSSR count). The van der Waals surface area contributed by atoms with Crippen molar-refractivity contribution in [2.24, 2.45) is 0 Å². The number of hydrogen-bond donors (Lipinski definition) is 0. The molecule has 0 unspecified atom stereocenters. The quantitative estimate of drug-likeness (QED) is 0.173. The Morgan fingerprint density at radius 2 is 0.892 bits per heavy atom.